The summed E-state index contributed by atoms with van der Waals surface area (Å²) in [5.74, 6) is 0. The number of benzene rings is 6. The zero-order valence-corrected chi connectivity index (χ0v) is 32.4. The van der Waals surface area contributed by atoms with E-state index in [4.69, 9.17) is 0 Å². The highest BCUT2D eigenvalue weighted by Crippen LogP contribution is 2.54. The van der Waals surface area contributed by atoms with Crippen molar-refractivity contribution >= 4 is 28.1 Å². The van der Waals surface area contributed by atoms with Crippen molar-refractivity contribution in [2.24, 2.45) is 0 Å². The average molecular weight is 700 g/mol. The molecular weight excluding hydrogens is 651 g/mol. The van der Waals surface area contributed by atoms with E-state index in [2.05, 4.69) is 204 Å². The summed E-state index contributed by atoms with van der Waals surface area (Å²) in [7, 11) is 0. The lowest BCUT2D eigenvalue weighted by Crippen LogP contribution is -2.32. The first-order valence-corrected chi connectivity index (χ1v) is 19.2. The molecule has 0 saturated carbocycles. The molecule has 54 heavy (non-hydrogen) atoms. The molecule has 0 amide bonds. The Hall–Kier alpha value is -5.92. The second kappa shape index (κ2) is 14.1. The average Bonchev–Trinajstić information content (AvgIpc) is 3.69. The van der Waals surface area contributed by atoms with Crippen LogP contribution in [0.25, 0.3) is 50.5 Å². The van der Waals surface area contributed by atoms with Crippen LogP contribution in [-0.4, -0.2) is 4.57 Å². The molecule has 1 nitrogen and oxygen atoms in total. The first-order chi connectivity index (χ1) is 26.1. The molecule has 0 spiro atoms. The summed E-state index contributed by atoms with van der Waals surface area (Å²) in [4.78, 5) is 0. The van der Waals surface area contributed by atoms with Crippen LogP contribution in [0.4, 0.5) is 0 Å². The highest BCUT2D eigenvalue weighted by Gasteiger charge is 2.42. The van der Waals surface area contributed by atoms with Gasteiger partial charge in [0.25, 0.3) is 0 Å². The lowest BCUT2D eigenvalue weighted by atomic mass is 9.76. The number of allylic oxidation sites excluding steroid dienone is 5. The van der Waals surface area contributed by atoms with E-state index in [0.717, 1.165) is 6.42 Å². The molecule has 266 valence electrons. The molecule has 0 aliphatic heterocycles. The van der Waals surface area contributed by atoms with Gasteiger partial charge in [-0.3, -0.25) is 0 Å². The first kappa shape index (κ1) is 35.1. The normalized spacial score (nSPS) is 17.2. The fourth-order valence-electron chi connectivity index (χ4n) is 8.50. The largest absolute Gasteiger partial charge is 0.331 e. The van der Waals surface area contributed by atoms with Crippen molar-refractivity contribution in [2.45, 2.75) is 58.9 Å². The Morgan fingerprint density at radius 3 is 1.96 bits per heavy atom. The summed E-state index contributed by atoms with van der Waals surface area (Å²) < 4.78 is 2.60. The molecule has 6 aromatic carbocycles. The van der Waals surface area contributed by atoms with Gasteiger partial charge in [0.2, 0.25) is 0 Å². The van der Waals surface area contributed by atoms with Crippen molar-refractivity contribution < 1.29 is 0 Å². The number of hydrogen-bond donors (Lipinski definition) is 0. The third-order valence-corrected chi connectivity index (χ3v) is 11.6. The molecule has 1 unspecified atom stereocenters. The summed E-state index contributed by atoms with van der Waals surface area (Å²) in [6, 6.07) is 57.1. The summed E-state index contributed by atoms with van der Waals surface area (Å²) in [6.45, 7) is 13.7. The Bertz CT molecular complexity index is 2560. The second-order valence-corrected chi connectivity index (χ2v) is 15.8. The summed E-state index contributed by atoms with van der Waals surface area (Å²) >= 11 is 0. The predicted molar refractivity (Wildman–Crippen MR) is 233 cm³/mol. The van der Waals surface area contributed by atoms with Crippen molar-refractivity contribution in [1.82, 2.24) is 4.57 Å². The van der Waals surface area contributed by atoms with Crippen LogP contribution >= 0.6 is 0 Å². The van der Waals surface area contributed by atoms with Gasteiger partial charge in [-0.15, -0.1) is 0 Å². The second-order valence-electron chi connectivity index (χ2n) is 15.8. The highest BCUT2D eigenvalue weighted by atomic mass is 15.1. The molecule has 7 aromatic rings. The fraction of sp³-hybridized carbons (Fsp3) is 0.170. The van der Waals surface area contributed by atoms with Gasteiger partial charge >= 0.3 is 0 Å². The highest BCUT2D eigenvalue weighted by molar-refractivity contribution is 5.94. The molecule has 0 saturated heterocycles. The zero-order chi connectivity index (χ0) is 37.5. The lowest BCUT2D eigenvalue weighted by molar-refractivity contribution is 0.422. The van der Waals surface area contributed by atoms with Gasteiger partial charge in [-0.25, -0.2) is 0 Å². The molecular formula is C53H49N. The van der Waals surface area contributed by atoms with Gasteiger partial charge < -0.3 is 4.57 Å². The molecule has 1 aromatic heterocycles. The van der Waals surface area contributed by atoms with Gasteiger partial charge in [0, 0.05) is 22.0 Å². The molecule has 1 heterocycles. The van der Waals surface area contributed by atoms with E-state index in [9.17, 15) is 0 Å². The molecule has 1 atom stereocenters. The van der Waals surface area contributed by atoms with Gasteiger partial charge in [-0.05, 0) is 120 Å². The zero-order valence-electron chi connectivity index (χ0n) is 32.4. The van der Waals surface area contributed by atoms with E-state index in [0.29, 0.717) is 0 Å². The molecule has 2 aliphatic rings. The van der Waals surface area contributed by atoms with Crippen LogP contribution < -0.4 is 0 Å². The maximum atomic E-state index is 2.60. The van der Waals surface area contributed by atoms with E-state index in [1.165, 1.54) is 83.4 Å². The van der Waals surface area contributed by atoms with Crippen LogP contribution in [0.5, 0.6) is 0 Å². The van der Waals surface area contributed by atoms with Crippen molar-refractivity contribution in [1.29, 1.82) is 0 Å². The number of rotatable bonds is 5. The van der Waals surface area contributed by atoms with Crippen LogP contribution in [0, 0.1) is 13.8 Å². The molecule has 1 heteroatoms. The molecule has 0 bridgehead atoms. The van der Waals surface area contributed by atoms with E-state index >= 15 is 0 Å². The van der Waals surface area contributed by atoms with Gasteiger partial charge in [-0.1, -0.05) is 171 Å². The minimum atomic E-state index is -0.219. The Balaban J connectivity index is 0.000000533. The van der Waals surface area contributed by atoms with Crippen molar-refractivity contribution in [2.75, 3.05) is 0 Å². The Labute approximate surface area is 321 Å². The molecule has 9 rings (SSSR count). The lowest BCUT2D eigenvalue weighted by Gasteiger charge is -2.36. The van der Waals surface area contributed by atoms with Crippen LogP contribution in [0.3, 0.4) is 0 Å². The van der Waals surface area contributed by atoms with Crippen molar-refractivity contribution in [3.63, 3.8) is 0 Å². The quantitative estimate of drug-likeness (QED) is 0.158. The van der Waals surface area contributed by atoms with E-state index in [1.54, 1.807) is 0 Å². The number of aryl methyl sites for hydroxylation is 2. The molecule has 0 fully saturated rings. The minimum Gasteiger partial charge on any atom is -0.331 e. The topological polar surface area (TPSA) is 4.93 Å². The fourth-order valence-corrected chi connectivity index (χ4v) is 8.50. The maximum absolute atomic E-state index is 2.60. The Morgan fingerprint density at radius 2 is 1.26 bits per heavy atom. The minimum absolute atomic E-state index is 0.0381. The summed E-state index contributed by atoms with van der Waals surface area (Å²) in [5, 5.41) is 1.27. The van der Waals surface area contributed by atoms with Gasteiger partial charge in [0.05, 0.1) is 5.54 Å². The standard InChI is InChI=1S/C46H41N.C7H8/c1-31-20-21-35(27-37(31)26-32(2)33-14-8-6-9-15-33)36-22-23-43-38(28-36)29-44(34-16-10-7-11-17-34)47(43)46(5)25-24-40-39-18-12-13-19-41(39)45(3,4)42(40)30-46;1-7-5-3-2-4-6-7/h6-24,26-30H,25H2,1-5H3;2-6H,1H3/b32-26+;. The Kier molecular flexibility index (Phi) is 9.20. The van der Waals surface area contributed by atoms with E-state index in [-0.39, 0.29) is 11.0 Å². The van der Waals surface area contributed by atoms with Crippen molar-refractivity contribution in [3.05, 3.63) is 209 Å². The van der Waals surface area contributed by atoms with Crippen molar-refractivity contribution in [3.8, 4) is 22.4 Å². The molecule has 0 radical (unpaired) electrons. The van der Waals surface area contributed by atoms with Crippen LogP contribution in [-0.2, 0) is 11.0 Å². The van der Waals surface area contributed by atoms with Gasteiger partial charge in [0.15, 0.2) is 0 Å². The third-order valence-electron chi connectivity index (χ3n) is 11.6. The smallest absolute Gasteiger partial charge is 0.0646 e. The first-order valence-electron chi connectivity index (χ1n) is 19.2. The molecule has 0 N–H and O–H groups in total. The monoisotopic (exact) mass is 699 g/mol. The SMILES string of the molecule is C/C(=C\c1cc(-c2ccc3c(c2)cc(-c2ccccc2)n3C2(C)C=C3C(=CC2)c2ccccc2C3(C)C)ccc1C)c1ccccc1.Cc1ccccc1. The summed E-state index contributed by atoms with van der Waals surface area (Å²) in [5.41, 5.74) is 18.1. The molecule has 2 aliphatic carbocycles. The number of nitrogens with zero attached hydrogens (tertiary/aromatic N) is 1. The van der Waals surface area contributed by atoms with E-state index in [1.807, 2.05) is 18.2 Å². The van der Waals surface area contributed by atoms with Crippen LogP contribution in [0.2, 0.25) is 0 Å². The Morgan fingerprint density at radius 1 is 0.630 bits per heavy atom. The predicted octanol–water partition coefficient (Wildman–Crippen LogP) is 14.3. The number of hydrogen-bond acceptors (Lipinski definition) is 0. The third kappa shape index (κ3) is 6.49. The number of fused-ring (bicyclic) bond motifs is 4. The van der Waals surface area contributed by atoms with Crippen LogP contribution in [0.15, 0.2) is 175 Å². The van der Waals surface area contributed by atoms with Gasteiger partial charge in [0.1, 0.15) is 0 Å². The number of aromatic nitrogens is 1. The van der Waals surface area contributed by atoms with Crippen LogP contribution in [0.1, 0.15) is 67.5 Å². The van der Waals surface area contributed by atoms with E-state index < -0.39 is 0 Å². The summed E-state index contributed by atoms with van der Waals surface area (Å²) in [6.07, 6.45) is 8.33. The van der Waals surface area contributed by atoms with Gasteiger partial charge in [-0.2, -0.15) is 0 Å². The maximum Gasteiger partial charge on any atom is 0.0646 e.